The Morgan fingerprint density at radius 2 is 1.93 bits per heavy atom. The highest BCUT2D eigenvalue weighted by molar-refractivity contribution is 5.78. The van der Waals surface area contributed by atoms with Crippen LogP contribution in [0.3, 0.4) is 0 Å². The minimum absolute atomic E-state index is 0.341. The number of ether oxygens (including phenoxy) is 1. The molecule has 0 fully saturated rings. The second-order valence-electron chi connectivity index (χ2n) is 6.97. The van der Waals surface area contributed by atoms with Crippen molar-refractivity contribution >= 4 is 17.0 Å². The number of H-pyrrole nitrogens is 1. The zero-order chi connectivity index (χ0) is 20.5. The average Bonchev–Trinajstić information content (AvgIpc) is 3.43. The molecule has 5 rings (SSSR count). The number of pyridine rings is 1. The minimum Gasteiger partial charge on any atom is -0.486 e. The van der Waals surface area contributed by atoms with Crippen LogP contribution in [0, 0.1) is 6.92 Å². The van der Waals surface area contributed by atoms with E-state index in [1.165, 1.54) is 0 Å². The number of benzene rings is 2. The third-order valence-electron chi connectivity index (χ3n) is 4.94. The Bertz CT molecular complexity index is 1320. The number of aromatic nitrogens is 6. The van der Waals surface area contributed by atoms with Gasteiger partial charge in [-0.1, -0.05) is 36.4 Å². The van der Waals surface area contributed by atoms with Crippen LogP contribution in [-0.4, -0.2) is 29.9 Å². The fourth-order valence-electron chi connectivity index (χ4n) is 3.32. The van der Waals surface area contributed by atoms with Gasteiger partial charge in [-0.2, -0.15) is 10.3 Å². The van der Waals surface area contributed by atoms with Crippen LogP contribution in [-0.2, 0) is 6.61 Å². The van der Waals surface area contributed by atoms with Gasteiger partial charge in [0, 0.05) is 23.5 Å². The van der Waals surface area contributed by atoms with Crippen LogP contribution < -0.4 is 10.5 Å². The number of anilines is 1. The summed E-state index contributed by atoms with van der Waals surface area (Å²) >= 11 is 0. The molecule has 0 aliphatic carbocycles. The number of imidazole rings is 1. The normalized spacial score (nSPS) is 11.1. The summed E-state index contributed by atoms with van der Waals surface area (Å²) < 4.78 is 7.99. The summed E-state index contributed by atoms with van der Waals surface area (Å²) in [6, 6.07) is 18.0. The molecular weight excluding hydrogens is 378 g/mol. The van der Waals surface area contributed by atoms with Crippen molar-refractivity contribution in [2.75, 3.05) is 5.73 Å². The molecule has 3 heterocycles. The Morgan fingerprint density at radius 1 is 1.07 bits per heavy atom. The maximum atomic E-state index is 5.97. The van der Waals surface area contributed by atoms with Gasteiger partial charge in [0.1, 0.15) is 12.4 Å². The lowest BCUT2D eigenvalue weighted by molar-refractivity contribution is 0.308. The molecule has 148 valence electrons. The molecule has 0 spiro atoms. The lowest BCUT2D eigenvalue weighted by Crippen LogP contribution is -2.01. The first kappa shape index (κ1) is 17.9. The van der Waals surface area contributed by atoms with Crippen molar-refractivity contribution in [3.8, 4) is 22.7 Å². The maximum Gasteiger partial charge on any atom is 0.207 e. The predicted molar refractivity (Wildman–Crippen MR) is 114 cm³/mol. The summed E-state index contributed by atoms with van der Waals surface area (Å²) in [6.07, 6.45) is 3.86. The number of nitrogen functional groups attached to an aromatic ring is 1. The van der Waals surface area contributed by atoms with Crippen molar-refractivity contribution in [3.05, 3.63) is 78.2 Å². The highest BCUT2D eigenvalue weighted by atomic mass is 16.5. The van der Waals surface area contributed by atoms with Crippen molar-refractivity contribution in [2.45, 2.75) is 13.5 Å². The van der Waals surface area contributed by atoms with Crippen LogP contribution in [0.15, 0.2) is 67.1 Å². The molecule has 0 bridgehead atoms. The highest BCUT2D eigenvalue weighted by Crippen LogP contribution is 2.25. The third kappa shape index (κ3) is 3.35. The first-order valence-corrected chi connectivity index (χ1v) is 9.46. The molecule has 3 N–H and O–H groups in total. The van der Waals surface area contributed by atoms with E-state index in [2.05, 4.69) is 62.6 Å². The standard InChI is InChI=1S/C22H19N7O/c1-14-9-17(29-11-18(24-13-29)15-5-3-2-4-6-15)8-7-16(14)12-30-19-10-20(23)25-22-21(19)26-28-27-22/h2-11,13H,12H2,1H3,(H3,23,25,26,27,28). The summed E-state index contributed by atoms with van der Waals surface area (Å²) in [4.78, 5) is 8.65. The zero-order valence-electron chi connectivity index (χ0n) is 16.3. The molecule has 0 atom stereocenters. The average molecular weight is 397 g/mol. The van der Waals surface area contributed by atoms with Crippen molar-refractivity contribution in [1.82, 2.24) is 29.9 Å². The van der Waals surface area contributed by atoms with Gasteiger partial charge in [-0.3, -0.25) is 0 Å². The summed E-state index contributed by atoms with van der Waals surface area (Å²) in [6.45, 7) is 2.44. The van der Waals surface area contributed by atoms with E-state index in [0.29, 0.717) is 29.3 Å². The van der Waals surface area contributed by atoms with Gasteiger partial charge in [0.05, 0.1) is 12.0 Å². The Balaban J connectivity index is 1.36. The molecule has 8 nitrogen and oxygen atoms in total. The Kier molecular flexibility index (Phi) is 4.36. The van der Waals surface area contributed by atoms with E-state index in [-0.39, 0.29) is 0 Å². The fraction of sp³-hybridized carbons (Fsp3) is 0.0909. The largest absolute Gasteiger partial charge is 0.486 e. The van der Waals surface area contributed by atoms with E-state index in [1.807, 2.05) is 35.3 Å². The Hall–Kier alpha value is -4.20. The molecule has 0 saturated carbocycles. The molecule has 0 saturated heterocycles. The first-order chi connectivity index (χ1) is 14.7. The van der Waals surface area contributed by atoms with Gasteiger partial charge in [-0.05, 0) is 30.2 Å². The van der Waals surface area contributed by atoms with Crippen molar-refractivity contribution in [1.29, 1.82) is 0 Å². The lowest BCUT2D eigenvalue weighted by atomic mass is 10.1. The molecule has 0 unspecified atom stereocenters. The van der Waals surface area contributed by atoms with Gasteiger partial charge in [0.15, 0.2) is 11.3 Å². The van der Waals surface area contributed by atoms with Crippen LogP contribution in [0.4, 0.5) is 5.82 Å². The van der Waals surface area contributed by atoms with E-state index < -0.39 is 0 Å². The number of hydrogen-bond donors (Lipinski definition) is 2. The fourth-order valence-corrected chi connectivity index (χ4v) is 3.32. The van der Waals surface area contributed by atoms with Crippen LogP contribution in [0.2, 0.25) is 0 Å². The smallest absolute Gasteiger partial charge is 0.207 e. The van der Waals surface area contributed by atoms with E-state index >= 15 is 0 Å². The van der Waals surface area contributed by atoms with E-state index in [1.54, 1.807) is 6.07 Å². The molecule has 5 aromatic rings. The van der Waals surface area contributed by atoms with E-state index in [4.69, 9.17) is 10.5 Å². The van der Waals surface area contributed by atoms with Crippen LogP contribution >= 0.6 is 0 Å². The summed E-state index contributed by atoms with van der Waals surface area (Å²) in [5.74, 6) is 0.893. The number of rotatable bonds is 5. The SMILES string of the molecule is Cc1cc(-n2cnc(-c3ccccc3)c2)ccc1COc1cc(N)nc2n[nH]nc12. The second kappa shape index (κ2) is 7.32. The zero-order valence-corrected chi connectivity index (χ0v) is 16.3. The van der Waals surface area contributed by atoms with Crippen molar-refractivity contribution < 1.29 is 4.74 Å². The predicted octanol–water partition coefficient (Wildman–Crippen LogP) is 3.68. The number of fused-ring (bicyclic) bond motifs is 1. The molecule has 0 aliphatic rings. The number of aryl methyl sites for hydroxylation is 1. The number of nitrogens with two attached hydrogens (primary N) is 1. The molecular formula is C22H19N7O. The number of nitrogens with zero attached hydrogens (tertiary/aromatic N) is 5. The van der Waals surface area contributed by atoms with Gasteiger partial charge < -0.3 is 15.0 Å². The van der Waals surface area contributed by atoms with Gasteiger partial charge in [-0.15, -0.1) is 5.10 Å². The summed E-state index contributed by atoms with van der Waals surface area (Å²) in [7, 11) is 0. The molecule has 0 radical (unpaired) electrons. The Labute approximate surface area is 172 Å². The van der Waals surface area contributed by atoms with Gasteiger partial charge in [-0.25, -0.2) is 9.97 Å². The monoisotopic (exact) mass is 397 g/mol. The molecule has 0 aliphatic heterocycles. The van der Waals surface area contributed by atoms with Crippen LogP contribution in [0.1, 0.15) is 11.1 Å². The molecule has 3 aromatic heterocycles. The highest BCUT2D eigenvalue weighted by Gasteiger charge is 2.11. The third-order valence-corrected chi connectivity index (χ3v) is 4.94. The summed E-state index contributed by atoms with van der Waals surface area (Å²) in [5.41, 5.74) is 12.1. The molecule has 0 amide bonds. The number of hydrogen-bond acceptors (Lipinski definition) is 6. The Morgan fingerprint density at radius 3 is 2.77 bits per heavy atom. The number of nitrogens with one attached hydrogen (secondary N) is 1. The second-order valence-corrected chi connectivity index (χ2v) is 6.97. The van der Waals surface area contributed by atoms with Gasteiger partial charge >= 0.3 is 0 Å². The first-order valence-electron chi connectivity index (χ1n) is 9.46. The topological polar surface area (TPSA) is 108 Å². The van der Waals surface area contributed by atoms with E-state index in [0.717, 1.165) is 28.1 Å². The minimum atomic E-state index is 0.341. The van der Waals surface area contributed by atoms with Gasteiger partial charge in [0.25, 0.3) is 0 Å². The van der Waals surface area contributed by atoms with Crippen molar-refractivity contribution in [3.63, 3.8) is 0 Å². The summed E-state index contributed by atoms with van der Waals surface area (Å²) in [5, 5.41) is 10.6. The van der Waals surface area contributed by atoms with Gasteiger partial charge in [0.2, 0.25) is 5.65 Å². The quantitative estimate of drug-likeness (QED) is 0.468. The lowest BCUT2D eigenvalue weighted by Gasteiger charge is -2.11. The number of aromatic amines is 1. The molecule has 2 aromatic carbocycles. The van der Waals surface area contributed by atoms with E-state index in [9.17, 15) is 0 Å². The molecule has 30 heavy (non-hydrogen) atoms. The maximum absolute atomic E-state index is 5.97. The van der Waals surface area contributed by atoms with Crippen LogP contribution in [0.5, 0.6) is 5.75 Å². The molecule has 8 heteroatoms. The van der Waals surface area contributed by atoms with Crippen LogP contribution in [0.25, 0.3) is 28.1 Å². The van der Waals surface area contributed by atoms with Crippen molar-refractivity contribution in [2.24, 2.45) is 0 Å².